The average Bonchev–Trinajstić information content (AvgIpc) is 2.99. The Kier molecular flexibility index (Phi) is 3.89. The zero-order chi connectivity index (χ0) is 17.6. The number of hydrogen-bond donors (Lipinski definition) is 1. The Bertz CT molecular complexity index is 1030. The molecule has 0 saturated heterocycles. The number of benzene rings is 2. The predicted molar refractivity (Wildman–Crippen MR) is 95.5 cm³/mol. The fourth-order valence-electron chi connectivity index (χ4n) is 3.63. The lowest BCUT2D eigenvalue weighted by molar-refractivity contribution is 0.336. The van der Waals surface area contributed by atoms with Crippen LogP contribution in [0.15, 0.2) is 53.4 Å². The number of para-hydroxylation sites is 1. The highest BCUT2D eigenvalue weighted by Gasteiger charge is 2.32. The molecule has 1 aromatic heterocycles. The van der Waals surface area contributed by atoms with E-state index in [1.165, 1.54) is 39.8 Å². The number of aromatic nitrogens is 1. The number of sulfonamides is 1. The number of nitrogens with one attached hydrogen (secondary N) is 1. The molecule has 0 amide bonds. The van der Waals surface area contributed by atoms with Crippen molar-refractivity contribution in [2.45, 2.75) is 30.2 Å². The van der Waals surface area contributed by atoms with Crippen molar-refractivity contribution >= 4 is 20.9 Å². The van der Waals surface area contributed by atoms with Crippen molar-refractivity contribution in [2.24, 2.45) is 0 Å². The highest BCUT2D eigenvalue weighted by atomic mass is 32.2. The van der Waals surface area contributed by atoms with Gasteiger partial charge in [0.15, 0.2) is 0 Å². The van der Waals surface area contributed by atoms with Crippen LogP contribution < -0.4 is 0 Å². The maximum Gasteiger partial charge on any atom is 0.243 e. The topological polar surface area (TPSA) is 53.2 Å². The Balaban J connectivity index is 1.65. The molecule has 1 N–H and O–H groups in total. The number of H-pyrrole nitrogens is 1. The largest absolute Gasteiger partial charge is 0.358 e. The zero-order valence-corrected chi connectivity index (χ0v) is 14.7. The second-order valence-corrected chi connectivity index (χ2v) is 8.50. The summed E-state index contributed by atoms with van der Waals surface area (Å²) >= 11 is 0. The molecule has 1 heterocycles. The summed E-state index contributed by atoms with van der Waals surface area (Å²) in [6, 6.07) is 13.0. The third-order valence-corrected chi connectivity index (χ3v) is 7.00. The van der Waals surface area contributed by atoms with E-state index in [2.05, 4.69) is 11.1 Å². The van der Waals surface area contributed by atoms with Crippen molar-refractivity contribution in [3.05, 3.63) is 65.6 Å². The van der Waals surface area contributed by atoms with Gasteiger partial charge in [-0.15, -0.1) is 0 Å². The van der Waals surface area contributed by atoms with Crippen LogP contribution in [0.5, 0.6) is 0 Å². The van der Waals surface area contributed by atoms with E-state index in [0.717, 1.165) is 23.7 Å². The number of nitrogens with zero attached hydrogens (tertiary/aromatic N) is 1. The van der Waals surface area contributed by atoms with E-state index in [1.807, 2.05) is 18.2 Å². The number of likely N-dealkylation sites (N-methyl/N-ethyl adjacent to an activating group) is 1. The number of aromatic amines is 1. The van der Waals surface area contributed by atoms with Gasteiger partial charge < -0.3 is 4.98 Å². The van der Waals surface area contributed by atoms with E-state index in [-0.39, 0.29) is 10.9 Å². The van der Waals surface area contributed by atoms with Gasteiger partial charge in [-0.1, -0.05) is 18.2 Å². The van der Waals surface area contributed by atoms with E-state index >= 15 is 0 Å². The molecule has 0 aliphatic heterocycles. The second kappa shape index (κ2) is 5.97. The minimum absolute atomic E-state index is 0.109. The van der Waals surface area contributed by atoms with Crippen LogP contribution in [0.25, 0.3) is 10.9 Å². The lowest BCUT2D eigenvalue weighted by atomic mass is 9.91. The van der Waals surface area contributed by atoms with Gasteiger partial charge in [0.05, 0.1) is 4.90 Å². The van der Waals surface area contributed by atoms with Gasteiger partial charge in [-0.2, -0.15) is 4.31 Å². The predicted octanol–water partition coefficient (Wildman–Crippen LogP) is 3.49. The number of halogens is 1. The first kappa shape index (κ1) is 16.3. The van der Waals surface area contributed by atoms with E-state index in [4.69, 9.17) is 0 Å². The van der Waals surface area contributed by atoms with E-state index < -0.39 is 15.8 Å². The van der Waals surface area contributed by atoms with Crippen LogP contribution >= 0.6 is 0 Å². The van der Waals surface area contributed by atoms with E-state index in [0.29, 0.717) is 6.42 Å². The molecule has 3 aromatic rings. The summed E-state index contributed by atoms with van der Waals surface area (Å²) in [4.78, 5) is 3.57. The molecule has 0 spiro atoms. The summed E-state index contributed by atoms with van der Waals surface area (Å²) in [5.74, 6) is -0.442. The van der Waals surface area contributed by atoms with Gasteiger partial charge >= 0.3 is 0 Å². The number of fused-ring (bicyclic) bond motifs is 3. The SMILES string of the molecule is CN([C@@H]1CCc2[nH]c3ccccc3c2C1)S(=O)(=O)c1ccc(F)cc1. The molecule has 6 heteroatoms. The standard InChI is InChI=1S/C19H19FN2O2S/c1-22(25(23,24)15-9-6-13(20)7-10-15)14-8-11-19-17(12-14)16-4-2-3-5-18(16)21-19/h2-7,9-10,14,21H,8,11-12H2,1H3/t14-/m1/s1. The molecule has 0 unspecified atom stereocenters. The van der Waals surface area contributed by atoms with E-state index in [1.54, 1.807) is 7.05 Å². The summed E-state index contributed by atoms with van der Waals surface area (Å²) in [7, 11) is -2.02. The number of rotatable bonds is 3. The first-order valence-corrected chi connectivity index (χ1v) is 9.73. The molecule has 0 bridgehead atoms. The Morgan fingerprint density at radius 2 is 1.84 bits per heavy atom. The molecule has 1 atom stereocenters. The van der Waals surface area contributed by atoms with Crippen LogP contribution in [0.1, 0.15) is 17.7 Å². The van der Waals surface area contributed by atoms with Crippen molar-refractivity contribution in [2.75, 3.05) is 7.05 Å². The maximum atomic E-state index is 13.1. The zero-order valence-electron chi connectivity index (χ0n) is 13.9. The molecule has 130 valence electrons. The minimum atomic E-state index is -3.64. The monoisotopic (exact) mass is 358 g/mol. The Hall–Kier alpha value is -2.18. The second-order valence-electron chi connectivity index (χ2n) is 6.50. The molecule has 0 fully saturated rings. The van der Waals surface area contributed by atoms with Crippen molar-refractivity contribution in [3.8, 4) is 0 Å². The smallest absolute Gasteiger partial charge is 0.243 e. The highest BCUT2D eigenvalue weighted by molar-refractivity contribution is 7.89. The van der Waals surface area contributed by atoms with Crippen LogP contribution in [0.4, 0.5) is 4.39 Å². The molecule has 4 nitrogen and oxygen atoms in total. The van der Waals surface area contributed by atoms with Crippen LogP contribution in [0, 0.1) is 5.82 Å². The Morgan fingerprint density at radius 3 is 2.60 bits per heavy atom. The first-order valence-electron chi connectivity index (χ1n) is 8.29. The number of hydrogen-bond acceptors (Lipinski definition) is 2. The maximum absolute atomic E-state index is 13.1. The first-order chi connectivity index (χ1) is 12.0. The molecule has 4 rings (SSSR count). The van der Waals surface area contributed by atoms with Gasteiger partial charge in [-0.3, -0.25) is 0 Å². The Labute approximate surface area is 146 Å². The van der Waals surface area contributed by atoms with Crippen molar-refractivity contribution in [1.82, 2.24) is 9.29 Å². The lowest BCUT2D eigenvalue weighted by Gasteiger charge is -2.30. The number of aryl methyl sites for hydroxylation is 1. The van der Waals surface area contributed by atoms with Gasteiger partial charge in [-0.25, -0.2) is 12.8 Å². The van der Waals surface area contributed by atoms with Gasteiger partial charge in [-0.05, 0) is 55.2 Å². The quantitative estimate of drug-likeness (QED) is 0.779. The summed E-state index contributed by atoms with van der Waals surface area (Å²) < 4.78 is 40.2. The summed E-state index contributed by atoms with van der Waals surface area (Å²) in [6.45, 7) is 0. The van der Waals surface area contributed by atoms with Crippen LogP contribution in [-0.2, 0) is 22.9 Å². The fraction of sp³-hybridized carbons (Fsp3) is 0.263. The molecule has 1 aliphatic carbocycles. The summed E-state index contributed by atoms with van der Waals surface area (Å²) in [6.07, 6.45) is 2.25. The molecule has 25 heavy (non-hydrogen) atoms. The van der Waals surface area contributed by atoms with Crippen molar-refractivity contribution in [3.63, 3.8) is 0 Å². The minimum Gasteiger partial charge on any atom is -0.358 e. The summed E-state index contributed by atoms with van der Waals surface area (Å²) in [5.41, 5.74) is 3.50. The van der Waals surface area contributed by atoms with Gasteiger partial charge in [0.1, 0.15) is 5.82 Å². The van der Waals surface area contributed by atoms with Crippen molar-refractivity contribution in [1.29, 1.82) is 0 Å². The highest BCUT2D eigenvalue weighted by Crippen LogP contribution is 2.32. The van der Waals surface area contributed by atoms with Crippen molar-refractivity contribution < 1.29 is 12.8 Å². The van der Waals surface area contributed by atoms with Crippen LogP contribution in [-0.4, -0.2) is 30.8 Å². The normalized spacial score (nSPS) is 17.8. The molecule has 0 saturated carbocycles. The Morgan fingerprint density at radius 1 is 1.12 bits per heavy atom. The molecule has 0 radical (unpaired) electrons. The third kappa shape index (κ3) is 2.75. The molecule has 2 aromatic carbocycles. The molecular formula is C19H19FN2O2S. The third-order valence-electron chi connectivity index (χ3n) is 5.07. The average molecular weight is 358 g/mol. The lowest BCUT2D eigenvalue weighted by Crippen LogP contribution is -2.40. The van der Waals surface area contributed by atoms with Gasteiger partial charge in [0.25, 0.3) is 0 Å². The van der Waals surface area contributed by atoms with Gasteiger partial charge in [0.2, 0.25) is 10.0 Å². The van der Waals surface area contributed by atoms with Crippen LogP contribution in [0.3, 0.4) is 0 Å². The van der Waals surface area contributed by atoms with Crippen LogP contribution in [0.2, 0.25) is 0 Å². The molecular weight excluding hydrogens is 339 g/mol. The fourth-order valence-corrected chi connectivity index (χ4v) is 5.02. The van der Waals surface area contributed by atoms with Gasteiger partial charge in [0, 0.05) is 29.7 Å². The molecule has 1 aliphatic rings. The summed E-state index contributed by atoms with van der Waals surface area (Å²) in [5, 5.41) is 1.16. The van der Waals surface area contributed by atoms with E-state index in [9.17, 15) is 12.8 Å².